The number of aromatic nitrogens is 2. The van der Waals surface area contributed by atoms with Gasteiger partial charge in [-0.2, -0.15) is 18.3 Å². The van der Waals surface area contributed by atoms with Crippen LogP contribution in [0.15, 0.2) is 36.5 Å². The molecule has 1 N–H and O–H groups in total. The van der Waals surface area contributed by atoms with Crippen molar-refractivity contribution in [2.75, 3.05) is 5.32 Å². The van der Waals surface area contributed by atoms with E-state index < -0.39 is 17.6 Å². The van der Waals surface area contributed by atoms with Crippen LogP contribution in [0.5, 0.6) is 0 Å². The lowest BCUT2D eigenvalue weighted by Gasteiger charge is -2.23. The summed E-state index contributed by atoms with van der Waals surface area (Å²) in [7, 11) is 0. The van der Waals surface area contributed by atoms with Crippen molar-refractivity contribution in [2.24, 2.45) is 0 Å². The highest BCUT2D eigenvalue weighted by Gasteiger charge is 2.31. The Morgan fingerprint density at radius 1 is 1.17 bits per heavy atom. The van der Waals surface area contributed by atoms with Gasteiger partial charge in [0.15, 0.2) is 0 Å². The number of hydrogen-bond donors (Lipinski definition) is 1. The van der Waals surface area contributed by atoms with Crippen molar-refractivity contribution in [1.82, 2.24) is 9.78 Å². The molecule has 0 saturated heterocycles. The highest BCUT2D eigenvalue weighted by molar-refractivity contribution is 6.03. The fraction of sp³-hybridized carbons (Fsp3) is 0.412. The van der Waals surface area contributed by atoms with Crippen molar-refractivity contribution in [3.8, 4) is 0 Å². The first kappa shape index (κ1) is 16.5. The van der Waals surface area contributed by atoms with Crippen molar-refractivity contribution in [3.63, 3.8) is 0 Å². The van der Waals surface area contributed by atoms with E-state index in [-0.39, 0.29) is 11.6 Å². The molecule has 0 aliphatic heterocycles. The monoisotopic (exact) mass is 337 g/mol. The maximum absolute atomic E-state index is 12.8. The molecule has 1 aromatic carbocycles. The second-order valence-electron chi connectivity index (χ2n) is 5.99. The maximum Gasteiger partial charge on any atom is 0.416 e. The minimum absolute atomic E-state index is 0.0266. The number of rotatable bonds is 3. The lowest BCUT2D eigenvalue weighted by Crippen LogP contribution is -2.20. The molecule has 4 nitrogen and oxygen atoms in total. The zero-order valence-electron chi connectivity index (χ0n) is 13.0. The first-order valence-electron chi connectivity index (χ1n) is 7.97. The quantitative estimate of drug-likeness (QED) is 0.885. The van der Waals surface area contributed by atoms with Gasteiger partial charge >= 0.3 is 6.18 Å². The zero-order chi connectivity index (χ0) is 17.2. The molecule has 1 fully saturated rings. The van der Waals surface area contributed by atoms with E-state index in [1.54, 1.807) is 16.9 Å². The van der Waals surface area contributed by atoms with Gasteiger partial charge in [-0.15, -0.1) is 0 Å². The Morgan fingerprint density at radius 3 is 2.62 bits per heavy atom. The Labute approximate surface area is 137 Å². The van der Waals surface area contributed by atoms with E-state index in [0.717, 1.165) is 37.8 Å². The van der Waals surface area contributed by atoms with E-state index in [2.05, 4.69) is 10.4 Å². The SMILES string of the molecule is O=C(Nc1ccnn1C1CCCCC1)c1cccc(C(F)(F)F)c1. The number of hydrogen-bond acceptors (Lipinski definition) is 2. The molecular formula is C17H18F3N3O. The zero-order valence-corrected chi connectivity index (χ0v) is 13.0. The molecule has 0 spiro atoms. The van der Waals surface area contributed by atoms with Gasteiger partial charge in [0.05, 0.1) is 17.8 Å². The van der Waals surface area contributed by atoms with Crippen molar-refractivity contribution < 1.29 is 18.0 Å². The first-order chi connectivity index (χ1) is 11.4. The third kappa shape index (κ3) is 3.60. The van der Waals surface area contributed by atoms with Gasteiger partial charge < -0.3 is 5.32 Å². The standard InChI is InChI=1S/C17H18F3N3O/c18-17(19,20)13-6-4-5-12(11-13)16(24)22-15-9-10-21-23(15)14-7-2-1-3-8-14/h4-6,9-11,14H,1-3,7-8H2,(H,22,24). The second-order valence-corrected chi connectivity index (χ2v) is 5.99. The van der Waals surface area contributed by atoms with Crippen molar-refractivity contribution in [1.29, 1.82) is 0 Å². The molecule has 0 bridgehead atoms. The van der Waals surface area contributed by atoms with Gasteiger partial charge in [0.1, 0.15) is 5.82 Å². The van der Waals surface area contributed by atoms with E-state index in [9.17, 15) is 18.0 Å². The summed E-state index contributed by atoms with van der Waals surface area (Å²) in [6.45, 7) is 0. The van der Waals surface area contributed by atoms with Crippen molar-refractivity contribution in [2.45, 2.75) is 44.3 Å². The molecule has 3 rings (SSSR count). The van der Waals surface area contributed by atoms with E-state index in [1.165, 1.54) is 18.6 Å². The third-order valence-electron chi connectivity index (χ3n) is 4.28. The maximum atomic E-state index is 12.8. The summed E-state index contributed by atoms with van der Waals surface area (Å²) < 4.78 is 40.1. The molecule has 0 unspecified atom stereocenters. The van der Waals surface area contributed by atoms with E-state index in [1.807, 2.05) is 0 Å². The summed E-state index contributed by atoms with van der Waals surface area (Å²) in [6.07, 6.45) is 2.54. The Hall–Kier alpha value is -2.31. The molecule has 1 aliphatic rings. The smallest absolute Gasteiger partial charge is 0.307 e. The fourth-order valence-electron chi connectivity index (χ4n) is 3.06. The Balaban J connectivity index is 1.77. The van der Waals surface area contributed by atoms with Gasteiger partial charge in [-0.05, 0) is 31.0 Å². The Morgan fingerprint density at radius 2 is 1.92 bits per heavy atom. The number of halogens is 3. The molecule has 1 aliphatic carbocycles. The van der Waals surface area contributed by atoms with Crippen molar-refractivity contribution in [3.05, 3.63) is 47.7 Å². The van der Waals surface area contributed by atoms with Crippen LogP contribution >= 0.6 is 0 Å². The largest absolute Gasteiger partial charge is 0.416 e. The summed E-state index contributed by atoms with van der Waals surface area (Å²) in [5, 5.41) is 6.94. The van der Waals surface area contributed by atoms with E-state index >= 15 is 0 Å². The van der Waals surface area contributed by atoms with Crippen LogP contribution in [0.4, 0.5) is 19.0 Å². The van der Waals surface area contributed by atoms with Crippen LogP contribution in [-0.2, 0) is 6.18 Å². The average Bonchev–Trinajstić information content (AvgIpc) is 3.03. The van der Waals surface area contributed by atoms with Gasteiger partial charge in [0.25, 0.3) is 5.91 Å². The van der Waals surface area contributed by atoms with Gasteiger partial charge in [-0.25, -0.2) is 4.68 Å². The fourth-order valence-corrected chi connectivity index (χ4v) is 3.06. The minimum Gasteiger partial charge on any atom is -0.307 e. The normalized spacial score (nSPS) is 16.1. The summed E-state index contributed by atoms with van der Waals surface area (Å²) >= 11 is 0. The van der Waals surface area contributed by atoms with Crippen molar-refractivity contribution >= 4 is 11.7 Å². The van der Waals surface area contributed by atoms with Crippen LogP contribution in [0.2, 0.25) is 0 Å². The highest BCUT2D eigenvalue weighted by atomic mass is 19.4. The third-order valence-corrected chi connectivity index (χ3v) is 4.28. The van der Waals surface area contributed by atoms with Crippen LogP contribution in [0.3, 0.4) is 0 Å². The van der Waals surface area contributed by atoms with E-state index in [4.69, 9.17) is 0 Å². The molecule has 1 amide bonds. The molecule has 1 heterocycles. The van der Waals surface area contributed by atoms with Gasteiger partial charge in [0.2, 0.25) is 0 Å². The van der Waals surface area contributed by atoms with Gasteiger partial charge in [-0.3, -0.25) is 4.79 Å². The molecule has 0 radical (unpaired) electrons. The molecule has 2 aromatic rings. The van der Waals surface area contributed by atoms with Crippen LogP contribution in [0.25, 0.3) is 0 Å². The van der Waals surface area contributed by atoms with Crippen LogP contribution in [0, 0.1) is 0 Å². The molecule has 0 atom stereocenters. The number of anilines is 1. The highest BCUT2D eigenvalue weighted by Crippen LogP contribution is 2.31. The summed E-state index contributed by atoms with van der Waals surface area (Å²) in [6, 6.07) is 6.30. The molecule has 7 heteroatoms. The van der Waals surface area contributed by atoms with E-state index in [0.29, 0.717) is 5.82 Å². The average molecular weight is 337 g/mol. The number of carbonyl (C=O) groups excluding carboxylic acids is 1. The number of alkyl halides is 3. The lowest BCUT2D eigenvalue weighted by atomic mass is 9.96. The second kappa shape index (κ2) is 6.67. The number of amides is 1. The lowest BCUT2D eigenvalue weighted by molar-refractivity contribution is -0.137. The number of carbonyl (C=O) groups is 1. The number of nitrogens with zero attached hydrogens (tertiary/aromatic N) is 2. The number of nitrogens with one attached hydrogen (secondary N) is 1. The summed E-state index contributed by atoms with van der Waals surface area (Å²) in [5.74, 6) is -0.0528. The summed E-state index contributed by atoms with van der Waals surface area (Å²) in [4.78, 5) is 12.3. The van der Waals surface area contributed by atoms with Crippen LogP contribution in [-0.4, -0.2) is 15.7 Å². The van der Waals surface area contributed by atoms with Crippen LogP contribution < -0.4 is 5.32 Å². The van der Waals surface area contributed by atoms with Crippen LogP contribution in [0.1, 0.15) is 54.1 Å². The Kier molecular flexibility index (Phi) is 4.59. The molecule has 1 saturated carbocycles. The topological polar surface area (TPSA) is 46.9 Å². The minimum atomic E-state index is -4.47. The van der Waals surface area contributed by atoms with Gasteiger partial charge in [0, 0.05) is 11.6 Å². The first-order valence-corrected chi connectivity index (χ1v) is 7.97. The molecular weight excluding hydrogens is 319 g/mol. The number of benzene rings is 1. The summed E-state index contributed by atoms with van der Waals surface area (Å²) in [5.41, 5.74) is -0.864. The van der Waals surface area contributed by atoms with Gasteiger partial charge in [-0.1, -0.05) is 25.3 Å². The molecule has 128 valence electrons. The molecule has 1 aromatic heterocycles. The predicted octanol–water partition coefficient (Wildman–Crippen LogP) is 4.66. The Bertz CT molecular complexity index is 718. The molecule has 24 heavy (non-hydrogen) atoms. The predicted molar refractivity (Wildman–Crippen MR) is 83.7 cm³/mol.